The summed E-state index contributed by atoms with van der Waals surface area (Å²) in [5, 5.41) is 9.00. The molecule has 0 spiro atoms. The zero-order valence-electron chi connectivity index (χ0n) is 7.77. The van der Waals surface area contributed by atoms with Crippen LogP contribution < -0.4 is 0 Å². The fourth-order valence-electron chi connectivity index (χ4n) is 0.983. The number of phenolic OH excluding ortho intramolecular Hbond substituents is 1. The molecule has 1 N–H and O–H groups in total. The summed E-state index contributed by atoms with van der Waals surface area (Å²) in [4.78, 5) is 11.1. The van der Waals surface area contributed by atoms with Crippen molar-refractivity contribution in [1.82, 2.24) is 0 Å². The van der Waals surface area contributed by atoms with Crippen LogP contribution in [0.25, 0.3) is 0 Å². The zero-order chi connectivity index (χ0) is 10.4. The van der Waals surface area contributed by atoms with Crippen LogP contribution >= 0.6 is 0 Å². The van der Waals surface area contributed by atoms with Crippen molar-refractivity contribution in [3.63, 3.8) is 0 Å². The predicted molar refractivity (Wildman–Crippen MR) is 53.0 cm³/mol. The van der Waals surface area contributed by atoms with E-state index in [0.717, 1.165) is 5.56 Å². The van der Waals surface area contributed by atoms with Crippen molar-refractivity contribution in [3.8, 4) is 5.75 Å². The van der Waals surface area contributed by atoms with Gasteiger partial charge in [-0.3, -0.25) is 4.79 Å². The second-order valence-corrected chi connectivity index (χ2v) is 2.81. The molecule has 0 aliphatic rings. The maximum absolute atomic E-state index is 11.1. The molecule has 0 aliphatic carbocycles. The Kier molecular flexibility index (Phi) is 3.73. The minimum absolute atomic E-state index is 0.188. The second kappa shape index (κ2) is 5.07. The van der Waals surface area contributed by atoms with Gasteiger partial charge in [0.1, 0.15) is 12.4 Å². The van der Waals surface area contributed by atoms with Gasteiger partial charge in [-0.05, 0) is 17.7 Å². The van der Waals surface area contributed by atoms with E-state index in [0.29, 0.717) is 0 Å². The molecule has 0 aliphatic heterocycles. The number of rotatable bonds is 4. The predicted octanol–water partition coefficient (Wildman–Crippen LogP) is 1.66. The molecule has 0 aromatic heterocycles. The van der Waals surface area contributed by atoms with Gasteiger partial charge in [0.2, 0.25) is 0 Å². The highest BCUT2D eigenvalue weighted by molar-refractivity contribution is 5.72. The number of esters is 1. The normalized spacial score (nSPS) is 9.43. The average Bonchev–Trinajstić information content (AvgIpc) is 2.18. The third-order valence-electron chi connectivity index (χ3n) is 1.65. The summed E-state index contributed by atoms with van der Waals surface area (Å²) in [5.74, 6) is -0.108. The van der Waals surface area contributed by atoms with Crippen LogP contribution in [-0.2, 0) is 16.0 Å². The largest absolute Gasteiger partial charge is 0.508 e. The first-order chi connectivity index (χ1) is 6.72. The van der Waals surface area contributed by atoms with Gasteiger partial charge in [0.25, 0.3) is 0 Å². The van der Waals surface area contributed by atoms with Crippen LogP contribution in [0.3, 0.4) is 0 Å². The molecular weight excluding hydrogens is 180 g/mol. The molecule has 0 saturated carbocycles. The fraction of sp³-hybridized carbons (Fsp3) is 0.182. The molecule has 0 atom stereocenters. The number of carbonyl (C=O) groups is 1. The van der Waals surface area contributed by atoms with Crippen LogP contribution in [0.2, 0.25) is 0 Å². The molecule has 74 valence electrons. The van der Waals surface area contributed by atoms with Gasteiger partial charge in [0.05, 0.1) is 6.42 Å². The smallest absolute Gasteiger partial charge is 0.310 e. The van der Waals surface area contributed by atoms with Crippen LogP contribution in [0.4, 0.5) is 0 Å². The lowest BCUT2D eigenvalue weighted by Crippen LogP contribution is -2.07. The van der Waals surface area contributed by atoms with E-state index in [1.165, 1.54) is 18.2 Å². The quantitative estimate of drug-likeness (QED) is 0.583. The van der Waals surface area contributed by atoms with E-state index >= 15 is 0 Å². The van der Waals surface area contributed by atoms with Gasteiger partial charge in [-0.25, -0.2) is 0 Å². The van der Waals surface area contributed by atoms with Crippen LogP contribution in [0.1, 0.15) is 5.56 Å². The molecule has 1 aromatic rings. The van der Waals surface area contributed by atoms with Crippen LogP contribution in [0, 0.1) is 0 Å². The van der Waals surface area contributed by atoms with E-state index in [2.05, 4.69) is 6.58 Å². The van der Waals surface area contributed by atoms with E-state index in [4.69, 9.17) is 9.84 Å². The highest BCUT2D eigenvalue weighted by Gasteiger charge is 2.03. The summed E-state index contributed by atoms with van der Waals surface area (Å²) in [6.45, 7) is 3.67. The monoisotopic (exact) mass is 192 g/mol. The maximum Gasteiger partial charge on any atom is 0.310 e. The van der Waals surface area contributed by atoms with Crippen molar-refractivity contribution < 1.29 is 14.6 Å². The van der Waals surface area contributed by atoms with Gasteiger partial charge in [-0.2, -0.15) is 0 Å². The van der Waals surface area contributed by atoms with Crippen molar-refractivity contribution >= 4 is 5.97 Å². The molecule has 0 saturated heterocycles. The van der Waals surface area contributed by atoms with Crippen LogP contribution in [0.15, 0.2) is 36.9 Å². The van der Waals surface area contributed by atoms with Gasteiger partial charge in [-0.1, -0.05) is 24.8 Å². The average molecular weight is 192 g/mol. The Morgan fingerprint density at radius 3 is 2.64 bits per heavy atom. The van der Waals surface area contributed by atoms with Crippen LogP contribution in [0.5, 0.6) is 5.75 Å². The van der Waals surface area contributed by atoms with Gasteiger partial charge in [0.15, 0.2) is 0 Å². The SMILES string of the molecule is C=CCOC(=O)Cc1ccc(O)cc1. The highest BCUT2D eigenvalue weighted by Crippen LogP contribution is 2.10. The van der Waals surface area contributed by atoms with Gasteiger partial charge < -0.3 is 9.84 Å². The fourth-order valence-corrected chi connectivity index (χ4v) is 0.983. The number of hydrogen-bond acceptors (Lipinski definition) is 3. The molecule has 1 aromatic carbocycles. The molecule has 0 unspecified atom stereocenters. The lowest BCUT2D eigenvalue weighted by Gasteiger charge is -2.01. The van der Waals surface area contributed by atoms with E-state index in [-0.39, 0.29) is 24.7 Å². The van der Waals surface area contributed by atoms with Crippen LogP contribution in [-0.4, -0.2) is 17.7 Å². The Hall–Kier alpha value is -1.77. The molecule has 0 heterocycles. The summed E-state index contributed by atoms with van der Waals surface area (Å²) < 4.78 is 4.81. The minimum Gasteiger partial charge on any atom is -0.508 e. The van der Waals surface area contributed by atoms with Crippen molar-refractivity contribution in [2.45, 2.75) is 6.42 Å². The topological polar surface area (TPSA) is 46.5 Å². The van der Waals surface area contributed by atoms with Gasteiger partial charge >= 0.3 is 5.97 Å². The van der Waals surface area contributed by atoms with Gasteiger partial charge in [-0.15, -0.1) is 0 Å². The first kappa shape index (κ1) is 10.3. The third-order valence-corrected chi connectivity index (χ3v) is 1.65. The standard InChI is InChI=1S/C11H12O3/c1-2-7-14-11(13)8-9-3-5-10(12)6-4-9/h2-6,12H,1,7-8H2. The van der Waals surface area contributed by atoms with E-state index in [9.17, 15) is 4.79 Å². The van der Waals surface area contributed by atoms with Gasteiger partial charge in [0, 0.05) is 0 Å². The molecule has 0 amide bonds. The number of carbonyl (C=O) groups excluding carboxylic acids is 1. The Morgan fingerprint density at radius 1 is 1.43 bits per heavy atom. The van der Waals surface area contributed by atoms with Crippen molar-refractivity contribution in [3.05, 3.63) is 42.5 Å². The molecule has 3 heteroatoms. The maximum atomic E-state index is 11.1. The summed E-state index contributed by atoms with van der Waals surface area (Å²) in [6.07, 6.45) is 1.74. The zero-order valence-corrected chi connectivity index (χ0v) is 7.77. The molecule has 1 rings (SSSR count). The van der Waals surface area contributed by atoms with Crippen molar-refractivity contribution in [2.75, 3.05) is 6.61 Å². The summed E-state index contributed by atoms with van der Waals surface area (Å²) in [5.41, 5.74) is 0.817. The van der Waals surface area contributed by atoms with E-state index < -0.39 is 0 Å². The molecule has 14 heavy (non-hydrogen) atoms. The molecular formula is C11H12O3. The molecule has 3 nitrogen and oxygen atoms in total. The van der Waals surface area contributed by atoms with Crippen molar-refractivity contribution in [2.24, 2.45) is 0 Å². The Morgan fingerprint density at radius 2 is 2.07 bits per heavy atom. The van der Waals surface area contributed by atoms with E-state index in [1.54, 1.807) is 12.1 Å². The summed E-state index contributed by atoms with van der Waals surface area (Å²) in [6, 6.07) is 6.45. The lowest BCUT2D eigenvalue weighted by atomic mass is 10.1. The summed E-state index contributed by atoms with van der Waals surface area (Å²) in [7, 11) is 0. The second-order valence-electron chi connectivity index (χ2n) is 2.81. The number of phenols is 1. The summed E-state index contributed by atoms with van der Waals surface area (Å²) >= 11 is 0. The number of aromatic hydroxyl groups is 1. The Labute approximate surface area is 82.6 Å². The number of ether oxygens (including phenoxy) is 1. The third kappa shape index (κ3) is 3.31. The first-order valence-electron chi connectivity index (χ1n) is 4.27. The first-order valence-corrected chi connectivity index (χ1v) is 4.27. The Balaban J connectivity index is 2.47. The van der Waals surface area contributed by atoms with E-state index in [1.807, 2.05) is 0 Å². The number of benzene rings is 1. The van der Waals surface area contributed by atoms with Crippen molar-refractivity contribution in [1.29, 1.82) is 0 Å². The number of hydrogen-bond donors (Lipinski definition) is 1. The highest BCUT2D eigenvalue weighted by atomic mass is 16.5. The molecule has 0 bridgehead atoms. The lowest BCUT2D eigenvalue weighted by molar-refractivity contribution is -0.141. The minimum atomic E-state index is -0.296. The Bertz CT molecular complexity index is 314. The molecule has 0 fully saturated rings. The molecule has 0 radical (unpaired) electrons.